The summed E-state index contributed by atoms with van der Waals surface area (Å²) in [6, 6.07) is 10.5. The maximum absolute atomic E-state index is 14.1. The van der Waals surface area contributed by atoms with Gasteiger partial charge in [-0.2, -0.15) is 39.5 Å². The molecule has 0 aliphatic carbocycles. The first-order valence-electron chi connectivity index (χ1n) is 17.1. The maximum Gasteiger partial charge on any atom is 0.434 e. The van der Waals surface area contributed by atoms with Crippen molar-refractivity contribution in [3.63, 3.8) is 0 Å². The van der Waals surface area contributed by atoms with Crippen molar-refractivity contribution < 1.29 is 63.3 Å². The number of carbonyl (C=O) groups is 2. The first-order valence-corrected chi connectivity index (χ1v) is 17.1. The number of halogens is 9. The minimum atomic E-state index is -5.84. The number of rotatable bonds is 11. The molecule has 296 valence electrons. The Hall–Kier alpha value is -3.89. The maximum atomic E-state index is 14.1. The van der Waals surface area contributed by atoms with Gasteiger partial charge in [0.1, 0.15) is 11.4 Å². The smallest absolute Gasteiger partial charge is 0.434 e. The Balaban J connectivity index is 1.59. The Bertz CT molecular complexity index is 1530. The van der Waals surface area contributed by atoms with Gasteiger partial charge in [-0.1, -0.05) is 18.2 Å². The van der Waals surface area contributed by atoms with Gasteiger partial charge in [0.15, 0.2) is 0 Å². The van der Waals surface area contributed by atoms with Gasteiger partial charge in [-0.15, -0.1) is 0 Å². The quantitative estimate of drug-likeness (QED) is 0.167. The number of likely N-dealkylation sites (tertiary alicyclic amines) is 2. The topological polar surface area (TPSA) is 71.5 Å². The molecule has 0 radical (unpaired) electrons. The molecule has 0 aromatic heterocycles. The fourth-order valence-corrected chi connectivity index (χ4v) is 6.82. The molecule has 0 bridgehead atoms. The molecule has 2 aliphatic rings. The molecule has 0 N–H and O–H groups in total. The van der Waals surface area contributed by atoms with Crippen LogP contribution in [0.15, 0.2) is 42.5 Å². The lowest BCUT2D eigenvalue weighted by atomic mass is 9.84. The molecule has 2 saturated heterocycles. The molecule has 2 aromatic carbocycles. The number of piperidine rings is 1. The van der Waals surface area contributed by atoms with Crippen molar-refractivity contribution in [2.75, 3.05) is 38.2 Å². The summed E-state index contributed by atoms with van der Waals surface area (Å²) in [6.45, 7) is 5.91. The first-order chi connectivity index (χ1) is 24.5. The number of hydrogen-bond acceptors (Lipinski definition) is 7. The van der Waals surface area contributed by atoms with Crippen LogP contribution in [0, 0.1) is 0 Å². The van der Waals surface area contributed by atoms with E-state index in [0.29, 0.717) is 30.7 Å². The Morgan fingerprint density at radius 2 is 1.49 bits per heavy atom. The fourth-order valence-electron chi connectivity index (χ4n) is 6.82. The molecule has 0 saturated carbocycles. The molecular formula is C36H44F9N3O5. The highest BCUT2D eigenvalue weighted by Crippen LogP contribution is 2.42. The van der Waals surface area contributed by atoms with Gasteiger partial charge < -0.3 is 24.0 Å². The zero-order chi connectivity index (χ0) is 39.4. The lowest BCUT2D eigenvalue weighted by molar-refractivity contribution is -0.308. The highest BCUT2D eigenvalue weighted by molar-refractivity contribution is 5.70. The van der Waals surface area contributed by atoms with Crippen molar-refractivity contribution in [3.8, 4) is 5.75 Å². The Kier molecular flexibility index (Phi) is 12.8. The van der Waals surface area contributed by atoms with Crippen LogP contribution in [0.4, 0.5) is 50.0 Å². The second-order valence-electron chi connectivity index (χ2n) is 14.4. The van der Waals surface area contributed by atoms with Crippen molar-refractivity contribution in [1.82, 2.24) is 9.80 Å². The van der Waals surface area contributed by atoms with Crippen molar-refractivity contribution in [2.24, 2.45) is 0 Å². The van der Waals surface area contributed by atoms with Gasteiger partial charge in [-0.3, -0.25) is 9.69 Å². The van der Waals surface area contributed by atoms with Crippen molar-refractivity contribution in [3.05, 3.63) is 59.2 Å². The fraction of sp³-hybridized carbons (Fsp3) is 0.611. The van der Waals surface area contributed by atoms with Crippen molar-refractivity contribution in [1.29, 1.82) is 0 Å². The van der Waals surface area contributed by atoms with Gasteiger partial charge >= 0.3 is 30.6 Å². The van der Waals surface area contributed by atoms with Crippen LogP contribution in [0.3, 0.4) is 0 Å². The summed E-state index contributed by atoms with van der Waals surface area (Å²) >= 11 is 0. The van der Waals surface area contributed by atoms with Crippen LogP contribution in [-0.2, 0) is 33.5 Å². The van der Waals surface area contributed by atoms with E-state index in [1.807, 2.05) is 0 Å². The van der Waals surface area contributed by atoms with Gasteiger partial charge in [0.05, 0.1) is 12.7 Å². The van der Waals surface area contributed by atoms with Crippen LogP contribution >= 0.6 is 0 Å². The zero-order valence-electron chi connectivity index (χ0n) is 29.9. The molecule has 17 heteroatoms. The highest BCUT2D eigenvalue weighted by Gasteiger charge is 2.60. The second kappa shape index (κ2) is 16.2. The van der Waals surface area contributed by atoms with E-state index in [0.717, 1.165) is 22.6 Å². The lowest BCUT2D eigenvalue weighted by Gasteiger charge is -2.45. The lowest BCUT2D eigenvalue weighted by Crippen LogP contribution is -2.54. The molecule has 4 rings (SSSR count). The summed E-state index contributed by atoms with van der Waals surface area (Å²) in [7, 11) is 1.50. The second-order valence-corrected chi connectivity index (χ2v) is 14.4. The molecule has 0 atom stereocenters. The van der Waals surface area contributed by atoms with Gasteiger partial charge in [0, 0.05) is 50.4 Å². The molecule has 1 spiro atoms. The van der Waals surface area contributed by atoms with Crippen LogP contribution in [0.25, 0.3) is 0 Å². The van der Waals surface area contributed by atoms with Crippen molar-refractivity contribution >= 4 is 17.7 Å². The van der Waals surface area contributed by atoms with E-state index in [1.165, 1.54) is 13.2 Å². The van der Waals surface area contributed by atoms with Crippen LogP contribution < -0.4 is 9.64 Å². The summed E-state index contributed by atoms with van der Waals surface area (Å²) in [5, 5.41) is 0. The third-order valence-electron chi connectivity index (χ3n) is 9.38. The number of alkyl halides is 9. The highest BCUT2D eigenvalue weighted by atomic mass is 19.4. The zero-order valence-corrected chi connectivity index (χ0v) is 29.9. The number of benzene rings is 2. The summed E-state index contributed by atoms with van der Waals surface area (Å²) in [5.74, 6) is 0.136. The average Bonchev–Trinajstić information content (AvgIpc) is 3.42. The van der Waals surface area contributed by atoms with Crippen LogP contribution in [0.2, 0.25) is 0 Å². The monoisotopic (exact) mass is 769 g/mol. The molecule has 0 unspecified atom stereocenters. The van der Waals surface area contributed by atoms with Gasteiger partial charge in [-0.05, 0) is 94.8 Å². The van der Waals surface area contributed by atoms with Gasteiger partial charge in [0.2, 0.25) is 0 Å². The average molecular weight is 770 g/mol. The van der Waals surface area contributed by atoms with E-state index in [2.05, 4.69) is 9.64 Å². The largest absolute Gasteiger partial charge is 0.497 e. The van der Waals surface area contributed by atoms with Crippen LogP contribution in [0.5, 0.6) is 5.75 Å². The minimum Gasteiger partial charge on any atom is -0.497 e. The molecule has 2 aliphatic heterocycles. The molecule has 2 aromatic rings. The third-order valence-corrected chi connectivity index (χ3v) is 9.38. The standard InChI is InChI=1S/C36H44F9N3O5/c1-32(2,3)53-29(49)7-5-17-47(22-24-8-12-27(51-4)13-9-24)28-21-26(34(37,38)39)11-10-25(28)23-48-18-6-14-33(48)15-19-46(20-16-33)31(50)52-30(35(40,41)42)36(43,44)45/h8-13,21,30H,5-7,14-20,22-23H2,1-4H3. The van der Waals surface area contributed by atoms with E-state index in [9.17, 15) is 49.1 Å². The predicted octanol–water partition coefficient (Wildman–Crippen LogP) is 8.90. The molecule has 2 fully saturated rings. The van der Waals surface area contributed by atoms with E-state index in [-0.39, 0.29) is 64.1 Å². The SMILES string of the molecule is COc1ccc(CN(CCCC(=O)OC(C)(C)C)c2cc(C(F)(F)F)ccc2CN2CCCC23CCN(C(=O)OC(C(F)(F)F)C(F)(F)F)CC3)cc1. The van der Waals surface area contributed by atoms with Crippen molar-refractivity contribution in [2.45, 2.75) is 108 Å². The number of nitrogens with zero attached hydrogens (tertiary/aromatic N) is 3. The number of ether oxygens (including phenoxy) is 3. The number of hydrogen-bond donors (Lipinski definition) is 0. The Morgan fingerprint density at radius 1 is 0.868 bits per heavy atom. The van der Waals surface area contributed by atoms with Crippen LogP contribution in [0.1, 0.15) is 76.0 Å². The Labute approximate surface area is 302 Å². The molecule has 53 heavy (non-hydrogen) atoms. The molecule has 2 heterocycles. The van der Waals surface area contributed by atoms with Crippen LogP contribution in [-0.4, -0.2) is 84.7 Å². The summed E-state index contributed by atoms with van der Waals surface area (Å²) in [5.41, 5.74) is -0.603. The predicted molar refractivity (Wildman–Crippen MR) is 176 cm³/mol. The number of esters is 1. The number of carbonyl (C=O) groups excluding carboxylic acids is 2. The third kappa shape index (κ3) is 11.3. The van der Waals surface area contributed by atoms with E-state index >= 15 is 0 Å². The van der Waals surface area contributed by atoms with E-state index < -0.39 is 53.4 Å². The van der Waals surface area contributed by atoms with E-state index in [4.69, 9.17) is 9.47 Å². The van der Waals surface area contributed by atoms with Gasteiger partial charge in [-0.25, -0.2) is 4.79 Å². The normalized spacial score (nSPS) is 17.0. The minimum absolute atomic E-state index is 0.0194. The number of amides is 1. The first kappa shape index (κ1) is 41.9. The summed E-state index contributed by atoms with van der Waals surface area (Å²) in [4.78, 5) is 29.6. The molecular weight excluding hydrogens is 725 g/mol. The summed E-state index contributed by atoms with van der Waals surface area (Å²) in [6.07, 6.45) is -20.4. The van der Waals surface area contributed by atoms with E-state index in [1.54, 1.807) is 49.9 Å². The Morgan fingerprint density at radius 3 is 2.04 bits per heavy atom. The number of anilines is 1. The molecule has 8 nitrogen and oxygen atoms in total. The van der Waals surface area contributed by atoms with Gasteiger partial charge in [0.25, 0.3) is 6.10 Å². The summed E-state index contributed by atoms with van der Waals surface area (Å²) < 4.78 is 135. The number of methoxy groups -OCH3 is 1. The molecule has 1 amide bonds.